The van der Waals surface area contributed by atoms with Crippen LogP contribution in [0.3, 0.4) is 0 Å². The molecule has 0 aliphatic heterocycles. The number of benzene rings is 5. The van der Waals surface area contributed by atoms with Crippen LogP contribution in [0.4, 0.5) is 0 Å². The number of hydrogen-bond donors (Lipinski definition) is 0. The van der Waals surface area contributed by atoms with Gasteiger partial charge in [-0.3, -0.25) is 4.98 Å². The van der Waals surface area contributed by atoms with Gasteiger partial charge in [0, 0.05) is 18.0 Å². The van der Waals surface area contributed by atoms with Crippen LogP contribution in [0, 0.1) is 0 Å². The molecule has 5 aromatic carbocycles. The van der Waals surface area contributed by atoms with Crippen LogP contribution in [0.1, 0.15) is 56.7 Å². The fourth-order valence-electron chi connectivity index (χ4n) is 6.57. The molecule has 0 fully saturated rings. The highest BCUT2D eigenvalue weighted by molar-refractivity contribution is 6.19. The predicted molar refractivity (Wildman–Crippen MR) is 196 cm³/mol. The molecule has 1 atom stereocenters. The van der Waals surface area contributed by atoms with Crippen molar-refractivity contribution < 1.29 is 0 Å². The van der Waals surface area contributed by atoms with E-state index in [4.69, 9.17) is 0 Å². The Balaban J connectivity index is 1.44. The molecular formula is C44H41N. The first-order valence-corrected chi connectivity index (χ1v) is 16.1. The van der Waals surface area contributed by atoms with E-state index in [0.717, 1.165) is 12.8 Å². The molecule has 6 rings (SSSR count). The van der Waals surface area contributed by atoms with Crippen LogP contribution in [-0.2, 0) is 6.42 Å². The second kappa shape index (κ2) is 13.7. The number of nitrogens with zero attached hydrogens (tertiary/aromatic N) is 1. The van der Waals surface area contributed by atoms with Gasteiger partial charge in [-0.05, 0) is 105 Å². The molecule has 1 nitrogen and oxygen atoms in total. The van der Waals surface area contributed by atoms with Crippen LogP contribution < -0.4 is 0 Å². The van der Waals surface area contributed by atoms with Crippen molar-refractivity contribution in [1.82, 2.24) is 4.98 Å². The quantitative estimate of drug-likeness (QED) is 0.122. The van der Waals surface area contributed by atoms with Gasteiger partial charge >= 0.3 is 0 Å². The average molecular weight is 584 g/mol. The van der Waals surface area contributed by atoms with E-state index < -0.39 is 0 Å². The van der Waals surface area contributed by atoms with Crippen molar-refractivity contribution in [3.8, 4) is 22.3 Å². The third-order valence-electron chi connectivity index (χ3n) is 8.94. The molecule has 0 bridgehead atoms. The topological polar surface area (TPSA) is 12.9 Å². The molecule has 6 aromatic rings. The minimum Gasteiger partial charge on any atom is -0.264 e. The maximum atomic E-state index is 4.44. The lowest BCUT2D eigenvalue weighted by atomic mass is 9.84. The van der Waals surface area contributed by atoms with E-state index in [9.17, 15) is 0 Å². The molecule has 0 aliphatic carbocycles. The van der Waals surface area contributed by atoms with Gasteiger partial charge in [-0.25, -0.2) is 0 Å². The lowest BCUT2D eigenvalue weighted by Crippen LogP contribution is -1.97. The molecular weight excluding hydrogens is 542 g/mol. The molecule has 0 amide bonds. The number of hydrogen-bond acceptors (Lipinski definition) is 1. The summed E-state index contributed by atoms with van der Waals surface area (Å²) in [7, 11) is 0. The van der Waals surface area contributed by atoms with Gasteiger partial charge in [0.15, 0.2) is 0 Å². The summed E-state index contributed by atoms with van der Waals surface area (Å²) in [4.78, 5) is 4.44. The Hall–Kier alpha value is -5.01. The first kappa shape index (κ1) is 30.0. The van der Waals surface area contributed by atoms with Gasteiger partial charge in [0.1, 0.15) is 0 Å². The Morgan fingerprint density at radius 1 is 0.711 bits per heavy atom. The van der Waals surface area contributed by atoms with Gasteiger partial charge in [-0.1, -0.05) is 141 Å². The van der Waals surface area contributed by atoms with Crippen molar-refractivity contribution in [3.05, 3.63) is 168 Å². The highest BCUT2D eigenvalue weighted by Gasteiger charge is 2.18. The summed E-state index contributed by atoms with van der Waals surface area (Å²) in [6.07, 6.45) is 15.0. The van der Waals surface area contributed by atoms with Gasteiger partial charge in [0.05, 0.1) is 0 Å². The van der Waals surface area contributed by atoms with Crippen LogP contribution in [0.5, 0.6) is 0 Å². The summed E-state index contributed by atoms with van der Waals surface area (Å²) in [6.45, 7) is 8.88. The molecule has 0 saturated heterocycles. The van der Waals surface area contributed by atoms with Gasteiger partial charge in [0.25, 0.3) is 0 Å². The molecule has 1 unspecified atom stereocenters. The van der Waals surface area contributed by atoms with Gasteiger partial charge < -0.3 is 0 Å². The number of allylic oxidation sites excluding steroid dienone is 6. The second-order valence-electron chi connectivity index (χ2n) is 11.9. The van der Waals surface area contributed by atoms with Crippen molar-refractivity contribution in [1.29, 1.82) is 0 Å². The lowest BCUT2D eigenvalue weighted by molar-refractivity contribution is 0.780. The molecule has 0 spiro atoms. The summed E-state index contributed by atoms with van der Waals surface area (Å²) in [5.74, 6) is 0.359. The summed E-state index contributed by atoms with van der Waals surface area (Å²) in [5, 5.41) is 5.14. The predicted octanol–water partition coefficient (Wildman–Crippen LogP) is 12.4. The summed E-state index contributed by atoms with van der Waals surface area (Å²) in [5.41, 5.74) is 11.5. The number of aryl methyl sites for hydroxylation is 1. The van der Waals surface area contributed by atoms with E-state index in [0.29, 0.717) is 5.92 Å². The van der Waals surface area contributed by atoms with Crippen LogP contribution in [0.15, 0.2) is 151 Å². The number of fused-ring (bicyclic) bond motifs is 2. The first-order chi connectivity index (χ1) is 22.1. The molecule has 0 saturated carbocycles. The van der Waals surface area contributed by atoms with Crippen LogP contribution in [0.2, 0.25) is 0 Å². The highest BCUT2D eigenvalue weighted by atomic mass is 14.6. The molecule has 0 N–H and O–H groups in total. The van der Waals surface area contributed by atoms with E-state index in [2.05, 4.69) is 166 Å². The van der Waals surface area contributed by atoms with E-state index in [-0.39, 0.29) is 0 Å². The number of rotatable bonds is 9. The highest BCUT2D eigenvalue weighted by Crippen LogP contribution is 2.43. The summed E-state index contributed by atoms with van der Waals surface area (Å²) < 4.78 is 0. The van der Waals surface area contributed by atoms with E-state index in [1.165, 1.54) is 71.6 Å². The number of pyridine rings is 1. The monoisotopic (exact) mass is 583 g/mol. The molecule has 222 valence electrons. The maximum absolute atomic E-state index is 4.44. The summed E-state index contributed by atoms with van der Waals surface area (Å²) >= 11 is 0. The first-order valence-electron chi connectivity index (χ1n) is 16.1. The fraction of sp³-hybridized carbons (Fsp3) is 0.159. The van der Waals surface area contributed by atoms with E-state index in [1.807, 2.05) is 12.4 Å². The van der Waals surface area contributed by atoms with E-state index >= 15 is 0 Å². The molecule has 1 aromatic heterocycles. The molecule has 0 radical (unpaired) electrons. The van der Waals surface area contributed by atoms with Gasteiger partial charge in [0.2, 0.25) is 0 Å². The average Bonchev–Trinajstić information content (AvgIpc) is 3.10. The standard InChI is InChI=1S/C44H41N/c1-5-15-37(32(4)17-14-16-31(3)36-28-29-45-30-42(36)34-18-8-7-9-19-34)44-40-22-12-10-20-38(40)43(39-21-11-13-23-41(39)44)35-26-24-33(6-2)25-27-35/h5,7-15,17-31H,6,16H2,1-4H3/b15-5-,17-14-,37-32-. The van der Waals surface area contributed by atoms with E-state index in [1.54, 1.807) is 0 Å². The zero-order chi connectivity index (χ0) is 31.2. The molecule has 1 heteroatoms. The smallest absolute Gasteiger partial charge is 0.0349 e. The second-order valence-corrected chi connectivity index (χ2v) is 11.9. The molecule has 0 aliphatic rings. The van der Waals surface area contributed by atoms with Crippen LogP contribution in [-0.4, -0.2) is 4.98 Å². The normalized spacial score (nSPS) is 13.2. The Kier molecular flexibility index (Phi) is 9.17. The van der Waals surface area contributed by atoms with Crippen LogP contribution >= 0.6 is 0 Å². The Labute approximate surface area is 268 Å². The lowest BCUT2D eigenvalue weighted by Gasteiger charge is -2.19. The SMILES string of the molecule is C\C=C/C(=C(C)/C=C\CC(C)c1ccncc1-c1ccccc1)c1c2ccccc2c(-c2ccc(CC)cc2)c2ccccc12. The largest absolute Gasteiger partial charge is 0.264 e. The van der Waals surface area contributed by atoms with Crippen molar-refractivity contribution in [2.45, 2.75) is 46.5 Å². The Bertz CT molecular complexity index is 1970. The van der Waals surface area contributed by atoms with Crippen molar-refractivity contribution in [2.24, 2.45) is 0 Å². The summed E-state index contributed by atoms with van der Waals surface area (Å²) in [6, 6.07) is 39.7. The molecule has 45 heavy (non-hydrogen) atoms. The number of aromatic nitrogens is 1. The van der Waals surface area contributed by atoms with Crippen molar-refractivity contribution in [2.75, 3.05) is 0 Å². The van der Waals surface area contributed by atoms with Crippen molar-refractivity contribution in [3.63, 3.8) is 0 Å². The van der Waals surface area contributed by atoms with Gasteiger partial charge in [-0.2, -0.15) is 0 Å². The zero-order valence-corrected chi connectivity index (χ0v) is 26.8. The minimum atomic E-state index is 0.359. The van der Waals surface area contributed by atoms with Crippen molar-refractivity contribution >= 4 is 27.1 Å². The zero-order valence-electron chi connectivity index (χ0n) is 26.8. The third kappa shape index (κ3) is 6.17. The van der Waals surface area contributed by atoms with Gasteiger partial charge in [-0.15, -0.1) is 0 Å². The van der Waals surface area contributed by atoms with Crippen LogP contribution in [0.25, 0.3) is 49.4 Å². The fourth-order valence-corrected chi connectivity index (χ4v) is 6.57. The third-order valence-corrected chi connectivity index (χ3v) is 8.94. The Morgan fingerprint density at radius 2 is 1.33 bits per heavy atom. The maximum Gasteiger partial charge on any atom is 0.0349 e. The Morgan fingerprint density at radius 3 is 1.96 bits per heavy atom. The minimum absolute atomic E-state index is 0.359. The molecule has 1 heterocycles.